The van der Waals surface area contributed by atoms with E-state index in [1.807, 2.05) is 24.3 Å². The molecule has 0 fully saturated rings. The molecule has 0 saturated carbocycles. The van der Waals surface area contributed by atoms with Crippen LogP contribution in [-0.2, 0) is 11.2 Å². The first-order chi connectivity index (χ1) is 8.63. The summed E-state index contributed by atoms with van der Waals surface area (Å²) in [6, 6.07) is 11.3. The van der Waals surface area contributed by atoms with Crippen LogP contribution in [0.1, 0.15) is 5.56 Å². The number of benzene rings is 1. The average molecular weight is 370 g/mol. The number of carbonyl (C=O) groups excluding carboxylic acids is 1. The monoisotopic (exact) mass is 368 g/mol. The van der Waals surface area contributed by atoms with Gasteiger partial charge in [0.15, 0.2) is 0 Å². The molecular formula is C13H10Br2N2O. The molecule has 5 heteroatoms. The van der Waals surface area contributed by atoms with Gasteiger partial charge in [-0.1, -0.05) is 28.1 Å². The van der Waals surface area contributed by atoms with Crippen LogP contribution >= 0.6 is 31.9 Å². The van der Waals surface area contributed by atoms with Crippen molar-refractivity contribution in [2.45, 2.75) is 6.42 Å². The molecule has 0 unspecified atom stereocenters. The summed E-state index contributed by atoms with van der Waals surface area (Å²) in [5.41, 5.74) is 1.66. The molecule has 3 nitrogen and oxygen atoms in total. The maximum absolute atomic E-state index is 11.8. The lowest BCUT2D eigenvalue weighted by atomic mass is 10.1. The molecule has 0 spiro atoms. The van der Waals surface area contributed by atoms with E-state index in [-0.39, 0.29) is 5.91 Å². The van der Waals surface area contributed by atoms with Crippen LogP contribution in [-0.4, -0.2) is 10.9 Å². The quantitative estimate of drug-likeness (QED) is 0.836. The molecule has 0 aliphatic carbocycles. The Kier molecular flexibility index (Phi) is 4.49. The molecule has 1 heterocycles. The minimum Gasteiger partial charge on any atom is -0.324 e. The number of hydrogen-bond donors (Lipinski definition) is 1. The van der Waals surface area contributed by atoms with E-state index in [0.29, 0.717) is 12.1 Å². The summed E-state index contributed by atoms with van der Waals surface area (Å²) in [6.07, 6.45) is 1.96. The SMILES string of the molecule is O=C(Cc1cccc(Br)c1)Nc1ccc(Br)nc1. The van der Waals surface area contributed by atoms with Crippen LogP contribution in [0, 0.1) is 0 Å². The van der Waals surface area contributed by atoms with Gasteiger partial charge < -0.3 is 5.32 Å². The predicted octanol–water partition coefficient (Wildman–Crippen LogP) is 3.79. The Hall–Kier alpha value is -1.20. The molecule has 1 N–H and O–H groups in total. The number of aromatic nitrogens is 1. The minimum atomic E-state index is -0.0581. The zero-order valence-electron chi connectivity index (χ0n) is 9.36. The lowest BCUT2D eigenvalue weighted by Gasteiger charge is -2.05. The second-order valence-electron chi connectivity index (χ2n) is 3.72. The normalized spacial score (nSPS) is 10.1. The van der Waals surface area contributed by atoms with Gasteiger partial charge >= 0.3 is 0 Å². The van der Waals surface area contributed by atoms with Crippen LogP contribution in [0.3, 0.4) is 0 Å². The standard InChI is InChI=1S/C13H10Br2N2O/c14-10-3-1-2-9(6-10)7-13(18)17-11-4-5-12(15)16-8-11/h1-6,8H,7H2,(H,17,18). The third-order valence-electron chi connectivity index (χ3n) is 2.26. The third-order valence-corrected chi connectivity index (χ3v) is 3.23. The lowest BCUT2D eigenvalue weighted by Crippen LogP contribution is -2.14. The number of nitrogens with zero attached hydrogens (tertiary/aromatic N) is 1. The van der Waals surface area contributed by atoms with Gasteiger partial charge in [-0.3, -0.25) is 4.79 Å². The number of carbonyl (C=O) groups is 1. The molecule has 0 atom stereocenters. The van der Waals surface area contributed by atoms with E-state index in [1.165, 1.54) is 0 Å². The van der Waals surface area contributed by atoms with Gasteiger partial charge in [0, 0.05) is 4.47 Å². The number of amides is 1. The molecule has 2 rings (SSSR count). The molecule has 0 saturated heterocycles. The third kappa shape index (κ3) is 3.92. The predicted molar refractivity (Wildman–Crippen MR) is 78.4 cm³/mol. The summed E-state index contributed by atoms with van der Waals surface area (Å²) in [5.74, 6) is -0.0581. The molecule has 92 valence electrons. The van der Waals surface area contributed by atoms with Crippen molar-refractivity contribution < 1.29 is 4.79 Å². The van der Waals surface area contributed by atoms with Crippen LogP contribution in [0.15, 0.2) is 51.7 Å². The number of hydrogen-bond acceptors (Lipinski definition) is 2. The van der Waals surface area contributed by atoms with E-state index in [2.05, 4.69) is 42.2 Å². The zero-order chi connectivity index (χ0) is 13.0. The average Bonchev–Trinajstić information content (AvgIpc) is 2.32. The number of nitrogens with one attached hydrogen (secondary N) is 1. The summed E-state index contributed by atoms with van der Waals surface area (Å²) in [4.78, 5) is 15.9. The zero-order valence-corrected chi connectivity index (χ0v) is 12.5. The highest BCUT2D eigenvalue weighted by molar-refractivity contribution is 9.10. The Morgan fingerprint density at radius 3 is 2.72 bits per heavy atom. The van der Waals surface area contributed by atoms with Crippen LogP contribution in [0.2, 0.25) is 0 Å². The van der Waals surface area contributed by atoms with Gasteiger partial charge in [0.05, 0.1) is 18.3 Å². The van der Waals surface area contributed by atoms with Gasteiger partial charge in [-0.2, -0.15) is 0 Å². The number of halogens is 2. The van der Waals surface area contributed by atoms with Crippen molar-refractivity contribution in [3.8, 4) is 0 Å². The summed E-state index contributed by atoms with van der Waals surface area (Å²) < 4.78 is 1.71. The smallest absolute Gasteiger partial charge is 0.228 e. The van der Waals surface area contributed by atoms with E-state index in [4.69, 9.17) is 0 Å². The Balaban J connectivity index is 1.98. The Morgan fingerprint density at radius 1 is 1.22 bits per heavy atom. The molecule has 18 heavy (non-hydrogen) atoms. The van der Waals surface area contributed by atoms with Gasteiger partial charge in [0.1, 0.15) is 4.60 Å². The minimum absolute atomic E-state index is 0.0581. The first kappa shape index (κ1) is 13.2. The second-order valence-corrected chi connectivity index (χ2v) is 5.45. The topological polar surface area (TPSA) is 42.0 Å². The fourth-order valence-electron chi connectivity index (χ4n) is 1.49. The van der Waals surface area contributed by atoms with Gasteiger partial charge in [-0.05, 0) is 45.8 Å². The van der Waals surface area contributed by atoms with Crippen molar-refractivity contribution in [3.63, 3.8) is 0 Å². The lowest BCUT2D eigenvalue weighted by molar-refractivity contribution is -0.115. The van der Waals surface area contributed by atoms with Gasteiger partial charge in [-0.15, -0.1) is 0 Å². The van der Waals surface area contributed by atoms with Gasteiger partial charge in [0.2, 0.25) is 5.91 Å². The first-order valence-corrected chi connectivity index (χ1v) is 6.88. The summed E-state index contributed by atoms with van der Waals surface area (Å²) >= 11 is 6.62. The molecule has 0 bridgehead atoms. The molecule has 1 aromatic heterocycles. The molecule has 1 amide bonds. The number of pyridine rings is 1. The number of anilines is 1. The van der Waals surface area contributed by atoms with Gasteiger partial charge in [0.25, 0.3) is 0 Å². The van der Waals surface area contributed by atoms with E-state index in [9.17, 15) is 4.79 Å². The van der Waals surface area contributed by atoms with E-state index in [0.717, 1.165) is 14.6 Å². The Bertz CT molecular complexity index is 555. The fraction of sp³-hybridized carbons (Fsp3) is 0.0769. The van der Waals surface area contributed by atoms with Crippen LogP contribution in [0.4, 0.5) is 5.69 Å². The summed E-state index contributed by atoms with van der Waals surface area (Å²) in [7, 11) is 0. The highest BCUT2D eigenvalue weighted by Gasteiger charge is 2.04. The van der Waals surface area contributed by atoms with Crippen LogP contribution < -0.4 is 5.32 Å². The Morgan fingerprint density at radius 2 is 2.06 bits per heavy atom. The summed E-state index contributed by atoms with van der Waals surface area (Å²) in [6.45, 7) is 0. The Labute approximate surface area is 122 Å². The van der Waals surface area contributed by atoms with Crippen molar-refractivity contribution in [1.82, 2.24) is 4.98 Å². The van der Waals surface area contributed by atoms with Crippen LogP contribution in [0.25, 0.3) is 0 Å². The maximum atomic E-state index is 11.8. The molecule has 2 aromatic rings. The van der Waals surface area contributed by atoms with Crippen molar-refractivity contribution >= 4 is 43.5 Å². The number of rotatable bonds is 3. The molecule has 1 aromatic carbocycles. The second kappa shape index (κ2) is 6.11. The molecule has 0 radical (unpaired) electrons. The van der Waals surface area contributed by atoms with E-state index < -0.39 is 0 Å². The fourth-order valence-corrected chi connectivity index (χ4v) is 2.17. The highest BCUT2D eigenvalue weighted by atomic mass is 79.9. The van der Waals surface area contributed by atoms with E-state index in [1.54, 1.807) is 18.3 Å². The highest BCUT2D eigenvalue weighted by Crippen LogP contribution is 2.14. The van der Waals surface area contributed by atoms with E-state index >= 15 is 0 Å². The van der Waals surface area contributed by atoms with Crippen molar-refractivity contribution in [2.75, 3.05) is 5.32 Å². The van der Waals surface area contributed by atoms with Gasteiger partial charge in [-0.25, -0.2) is 4.98 Å². The first-order valence-electron chi connectivity index (χ1n) is 5.29. The molecule has 0 aliphatic heterocycles. The largest absolute Gasteiger partial charge is 0.324 e. The maximum Gasteiger partial charge on any atom is 0.228 e. The van der Waals surface area contributed by atoms with Crippen molar-refractivity contribution in [1.29, 1.82) is 0 Å². The molecule has 0 aliphatic rings. The summed E-state index contributed by atoms with van der Waals surface area (Å²) in [5, 5.41) is 2.80. The van der Waals surface area contributed by atoms with Crippen molar-refractivity contribution in [3.05, 3.63) is 57.2 Å². The van der Waals surface area contributed by atoms with Crippen LogP contribution in [0.5, 0.6) is 0 Å². The molecular weight excluding hydrogens is 360 g/mol. The van der Waals surface area contributed by atoms with Crippen molar-refractivity contribution in [2.24, 2.45) is 0 Å².